The van der Waals surface area contributed by atoms with E-state index in [1.54, 1.807) is 6.20 Å². The number of carbonyl (C=O) groups excluding carboxylic acids is 1. The molecule has 1 N–H and O–H groups in total. The van der Waals surface area contributed by atoms with E-state index in [1.165, 1.54) is 22.9 Å². The highest BCUT2D eigenvalue weighted by molar-refractivity contribution is 8.00. The van der Waals surface area contributed by atoms with Gasteiger partial charge in [-0.15, -0.1) is 0 Å². The minimum absolute atomic E-state index is 0.0595. The Hall–Kier alpha value is -2.53. The van der Waals surface area contributed by atoms with Gasteiger partial charge in [-0.3, -0.25) is 9.36 Å². The fourth-order valence-electron chi connectivity index (χ4n) is 3.05. The number of thioether (sulfide) groups is 1. The molecule has 1 aromatic heterocycles. The summed E-state index contributed by atoms with van der Waals surface area (Å²) in [5, 5.41) is 3.65. The van der Waals surface area contributed by atoms with Gasteiger partial charge in [-0.2, -0.15) is 0 Å². The van der Waals surface area contributed by atoms with Crippen LogP contribution in [0.5, 0.6) is 0 Å². The summed E-state index contributed by atoms with van der Waals surface area (Å²) in [4.78, 5) is 17.5. The molecule has 1 aliphatic rings. The Kier molecular flexibility index (Phi) is 5.03. The topological polar surface area (TPSA) is 46.9 Å². The van der Waals surface area contributed by atoms with Crippen LogP contribution in [0.2, 0.25) is 0 Å². The molecule has 4 nitrogen and oxygen atoms in total. The third-order valence-electron chi connectivity index (χ3n) is 4.72. The Balaban J connectivity index is 1.67. The first-order valence-corrected chi connectivity index (χ1v) is 10.1. The molecule has 5 heteroatoms. The third-order valence-corrected chi connectivity index (χ3v) is 5.95. The van der Waals surface area contributed by atoms with Gasteiger partial charge < -0.3 is 5.32 Å². The lowest BCUT2D eigenvalue weighted by Gasteiger charge is -2.18. The van der Waals surface area contributed by atoms with Gasteiger partial charge in [0.05, 0.1) is 5.69 Å². The summed E-state index contributed by atoms with van der Waals surface area (Å²) in [6, 6.07) is 16.7. The number of aromatic nitrogens is 2. The van der Waals surface area contributed by atoms with Crippen molar-refractivity contribution in [2.24, 2.45) is 0 Å². The summed E-state index contributed by atoms with van der Waals surface area (Å²) < 4.78 is 2.08. The highest BCUT2D eigenvalue weighted by atomic mass is 32.2. The van der Waals surface area contributed by atoms with Crippen molar-refractivity contribution in [3.63, 3.8) is 0 Å². The number of nitrogens with zero attached hydrogens (tertiary/aromatic N) is 2. The van der Waals surface area contributed by atoms with Gasteiger partial charge in [-0.25, -0.2) is 4.98 Å². The van der Waals surface area contributed by atoms with Gasteiger partial charge >= 0.3 is 0 Å². The van der Waals surface area contributed by atoms with Crippen molar-refractivity contribution < 1.29 is 4.79 Å². The van der Waals surface area contributed by atoms with Crippen molar-refractivity contribution in [1.29, 1.82) is 0 Å². The van der Waals surface area contributed by atoms with E-state index in [2.05, 4.69) is 46.9 Å². The van der Waals surface area contributed by atoms with E-state index in [4.69, 9.17) is 0 Å². The summed E-state index contributed by atoms with van der Waals surface area (Å²) in [6.45, 7) is 4.18. The number of benzene rings is 2. The van der Waals surface area contributed by atoms with Gasteiger partial charge in [-0.1, -0.05) is 54.2 Å². The van der Waals surface area contributed by atoms with Crippen molar-refractivity contribution in [3.05, 3.63) is 77.6 Å². The molecule has 0 radical (unpaired) electrons. The first-order chi connectivity index (χ1) is 13.1. The maximum atomic E-state index is 12.9. The highest BCUT2D eigenvalue weighted by Gasteiger charge is 2.30. The zero-order chi connectivity index (χ0) is 18.8. The number of rotatable bonds is 6. The zero-order valence-electron chi connectivity index (χ0n) is 15.6. The van der Waals surface area contributed by atoms with Crippen molar-refractivity contribution in [3.8, 4) is 5.69 Å². The van der Waals surface area contributed by atoms with Gasteiger partial charge in [-0.05, 0) is 49.4 Å². The summed E-state index contributed by atoms with van der Waals surface area (Å²) in [7, 11) is 0. The summed E-state index contributed by atoms with van der Waals surface area (Å²) in [6.07, 6.45) is 5.92. The van der Waals surface area contributed by atoms with Crippen molar-refractivity contribution in [2.45, 2.75) is 43.1 Å². The van der Waals surface area contributed by atoms with E-state index in [1.807, 2.05) is 36.5 Å². The maximum Gasteiger partial charge on any atom is 0.238 e. The lowest BCUT2D eigenvalue weighted by Crippen LogP contribution is -2.29. The fourth-order valence-corrected chi connectivity index (χ4v) is 4.12. The second-order valence-corrected chi connectivity index (χ2v) is 8.13. The lowest BCUT2D eigenvalue weighted by atomic mass is 10.1. The van der Waals surface area contributed by atoms with Crippen molar-refractivity contribution in [1.82, 2.24) is 14.9 Å². The van der Waals surface area contributed by atoms with E-state index in [0.29, 0.717) is 6.04 Å². The average Bonchev–Trinajstić information content (AvgIpc) is 3.37. The molecule has 1 atom stereocenters. The fraction of sp³-hybridized carbons (Fsp3) is 0.273. The number of amides is 1. The minimum Gasteiger partial charge on any atom is -0.352 e. The molecule has 1 fully saturated rings. The summed E-state index contributed by atoms with van der Waals surface area (Å²) in [5.74, 6) is 0.0595. The van der Waals surface area contributed by atoms with E-state index >= 15 is 0 Å². The van der Waals surface area contributed by atoms with Crippen LogP contribution in [-0.4, -0.2) is 21.5 Å². The second kappa shape index (κ2) is 7.61. The summed E-state index contributed by atoms with van der Waals surface area (Å²) in [5.41, 5.74) is 4.48. The summed E-state index contributed by atoms with van der Waals surface area (Å²) >= 11 is 1.50. The molecule has 1 heterocycles. The van der Waals surface area contributed by atoms with Gasteiger partial charge in [0.25, 0.3) is 0 Å². The third kappa shape index (κ3) is 4.08. The number of imidazole rings is 1. The standard InChI is InChI=1S/C22H23N3OS/c1-15-8-9-16(2)19(14-15)25-13-12-23-22(25)27-20(17-6-4-3-5-7-17)21(26)24-18-10-11-18/h3-9,12-14,18,20H,10-11H2,1-2H3,(H,24,26). The van der Waals surface area contributed by atoms with Gasteiger partial charge in [0, 0.05) is 18.4 Å². The quantitative estimate of drug-likeness (QED) is 0.639. The molecular formula is C22H23N3OS. The molecular weight excluding hydrogens is 354 g/mol. The van der Waals surface area contributed by atoms with Crippen LogP contribution in [0.3, 0.4) is 0 Å². The largest absolute Gasteiger partial charge is 0.352 e. The number of carbonyl (C=O) groups is 1. The van der Waals surface area contributed by atoms with Gasteiger partial charge in [0.1, 0.15) is 5.25 Å². The predicted octanol–water partition coefficient (Wildman–Crippen LogP) is 4.60. The molecule has 138 valence electrons. The molecule has 27 heavy (non-hydrogen) atoms. The SMILES string of the molecule is Cc1ccc(C)c(-n2ccnc2SC(C(=O)NC2CC2)c2ccccc2)c1. The normalized spacial score (nSPS) is 14.7. The molecule has 1 amide bonds. The van der Waals surface area contributed by atoms with Crippen LogP contribution in [0.15, 0.2) is 66.1 Å². The van der Waals surface area contributed by atoms with Crippen LogP contribution in [0.25, 0.3) is 5.69 Å². The Bertz CT molecular complexity index is 947. The Morgan fingerprint density at radius 1 is 1.19 bits per heavy atom. The van der Waals surface area contributed by atoms with Crippen LogP contribution < -0.4 is 5.32 Å². The molecule has 3 aromatic rings. The van der Waals surface area contributed by atoms with Crippen molar-refractivity contribution in [2.75, 3.05) is 0 Å². The molecule has 0 aliphatic heterocycles. The van der Waals surface area contributed by atoms with E-state index < -0.39 is 0 Å². The maximum absolute atomic E-state index is 12.9. The molecule has 2 aromatic carbocycles. The van der Waals surface area contributed by atoms with Gasteiger partial charge in [0.2, 0.25) is 5.91 Å². The second-order valence-electron chi connectivity index (χ2n) is 7.06. The van der Waals surface area contributed by atoms with Crippen molar-refractivity contribution >= 4 is 17.7 Å². The van der Waals surface area contributed by atoms with Gasteiger partial charge in [0.15, 0.2) is 5.16 Å². The molecule has 1 unspecified atom stereocenters. The average molecular weight is 378 g/mol. The molecule has 1 saturated carbocycles. The number of hydrogen-bond donors (Lipinski definition) is 1. The Morgan fingerprint density at radius 2 is 1.96 bits per heavy atom. The highest BCUT2D eigenvalue weighted by Crippen LogP contribution is 2.37. The van der Waals surface area contributed by atoms with E-state index in [-0.39, 0.29) is 11.2 Å². The lowest BCUT2D eigenvalue weighted by molar-refractivity contribution is -0.120. The molecule has 4 rings (SSSR count). The minimum atomic E-state index is -0.321. The van der Waals surface area contributed by atoms with E-state index in [0.717, 1.165) is 29.2 Å². The number of hydrogen-bond acceptors (Lipinski definition) is 3. The van der Waals surface area contributed by atoms with Crippen LogP contribution in [0, 0.1) is 13.8 Å². The van der Waals surface area contributed by atoms with Crippen LogP contribution in [-0.2, 0) is 4.79 Å². The first kappa shape index (κ1) is 17.9. The molecule has 0 saturated heterocycles. The van der Waals surface area contributed by atoms with Crippen LogP contribution in [0.1, 0.15) is 34.8 Å². The molecule has 0 bridgehead atoms. The predicted molar refractivity (Wildman–Crippen MR) is 109 cm³/mol. The first-order valence-electron chi connectivity index (χ1n) is 9.25. The zero-order valence-corrected chi connectivity index (χ0v) is 16.4. The van der Waals surface area contributed by atoms with E-state index in [9.17, 15) is 4.79 Å². The monoisotopic (exact) mass is 377 g/mol. The number of nitrogens with one attached hydrogen (secondary N) is 1. The Morgan fingerprint density at radius 3 is 2.70 bits per heavy atom. The molecule has 1 aliphatic carbocycles. The Labute approximate surface area is 164 Å². The smallest absolute Gasteiger partial charge is 0.238 e. The van der Waals surface area contributed by atoms with Crippen LogP contribution in [0.4, 0.5) is 0 Å². The molecule has 0 spiro atoms. The van der Waals surface area contributed by atoms with Crippen LogP contribution >= 0.6 is 11.8 Å². The number of aryl methyl sites for hydroxylation is 2.